The van der Waals surface area contributed by atoms with Crippen molar-refractivity contribution in [2.24, 2.45) is 0 Å². The summed E-state index contributed by atoms with van der Waals surface area (Å²) in [5.74, 6) is -1.85. The number of nitrogens with zero attached hydrogens (tertiary/aromatic N) is 1. The number of anilines is 1. The van der Waals surface area contributed by atoms with Crippen molar-refractivity contribution in [3.05, 3.63) is 90.8 Å². The molecule has 1 N–H and O–H groups in total. The Morgan fingerprint density at radius 3 is 2.49 bits per heavy atom. The van der Waals surface area contributed by atoms with E-state index in [-0.39, 0.29) is 31.2 Å². The Labute approximate surface area is 225 Å². The summed E-state index contributed by atoms with van der Waals surface area (Å²) in [6.45, 7) is 1.13. The first kappa shape index (κ1) is 26.7. The van der Waals surface area contributed by atoms with E-state index in [2.05, 4.69) is 5.32 Å². The van der Waals surface area contributed by atoms with Gasteiger partial charge < -0.3 is 10.1 Å². The molecular formula is C24H16Cl2N2O7S2. The van der Waals surface area contributed by atoms with Crippen LogP contribution in [0.25, 0.3) is 6.08 Å². The van der Waals surface area contributed by atoms with Gasteiger partial charge in [-0.05, 0) is 48.0 Å². The monoisotopic (exact) mass is 578 g/mol. The van der Waals surface area contributed by atoms with E-state index in [9.17, 15) is 28.1 Å². The summed E-state index contributed by atoms with van der Waals surface area (Å²) in [5.41, 5.74) is 0.481. The number of amides is 1. The highest BCUT2D eigenvalue weighted by Gasteiger charge is 2.26. The second kappa shape index (κ2) is 10.5. The Hall–Kier alpha value is -3.38. The van der Waals surface area contributed by atoms with Crippen molar-refractivity contribution in [3.8, 4) is 5.75 Å². The average molecular weight is 579 g/mol. The number of carbonyl (C=O) groups is 2. The lowest BCUT2D eigenvalue weighted by Gasteiger charge is -2.19. The molecule has 0 aliphatic carbocycles. The van der Waals surface area contributed by atoms with Crippen molar-refractivity contribution in [1.29, 1.82) is 0 Å². The highest BCUT2D eigenvalue weighted by Crippen LogP contribution is 2.41. The Kier molecular flexibility index (Phi) is 7.60. The van der Waals surface area contributed by atoms with Gasteiger partial charge in [0.25, 0.3) is 5.91 Å². The van der Waals surface area contributed by atoms with Gasteiger partial charge in [-0.25, -0.2) is 8.42 Å². The number of halogens is 2. The molecule has 0 saturated heterocycles. The minimum Gasteiger partial charge on any atom is -0.419 e. The van der Waals surface area contributed by atoms with Crippen LogP contribution in [0.2, 0.25) is 10.0 Å². The van der Waals surface area contributed by atoms with E-state index < -0.39 is 38.1 Å². The van der Waals surface area contributed by atoms with Crippen LogP contribution in [0.5, 0.6) is 5.75 Å². The summed E-state index contributed by atoms with van der Waals surface area (Å²) in [6.07, 6.45) is 1.44. The predicted molar refractivity (Wildman–Crippen MR) is 141 cm³/mol. The van der Waals surface area contributed by atoms with Crippen LogP contribution < -0.4 is 10.1 Å². The number of fused-ring (bicyclic) bond motifs is 1. The number of nitrogens with one attached hydrogen (secondary N) is 1. The lowest BCUT2D eigenvalue weighted by Crippen LogP contribution is -2.18. The summed E-state index contributed by atoms with van der Waals surface area (Å²) in [4.78, 5) is 35.4. The van der Waals surface area contributed by atoms with Crippen LogP contribution in [0.1, 0.15) is 18.1 Å². The van der Waals surface area contributed by atoms with Crippen molar-refractivity contribution < 1.29 is 27.7 Å². The number of esters is 1. The number of hydrogen-bond donors (Lipinski definition) is 1. The highest BCUT2D eigenvalue weighted by atomic mass is 35.5. The van der Waals surface area contributed by atoms with Crippen molar-refractivity contribution in [2.45, 2.75) is 22.5 Å². The molecule has 0 unspecified atom stereocenters. The van der Waals surface area contributed by atoms with Crippen LogP contribution in [-0.2, 0) is 25.2 Å². The Bertz CT molecular complexity index is 1580. The number of sulfone groups is 1. The SMILES string of the molecule is CC(=O)Oc1ccc(/C=C2\Sc3ccc(S(=O)(=O)Cc4c(Cl)cccc4Cl)cc3NC2=O)cc1[N+](=O)[O-]. The van der Waals surface area contributed by atoms with Gasteiger partial charge in [0.05, 0.1) is 26.2 Å². The maximum Gasteiger partial charge on any atom is 0.312 e. The Balaban J connectivity index is 1.61. The number of thioether (sulfide) groups is 1. The molecule has 0 atom stereocenters. The van der Waals surface area contributed by atoms with Crippen LogP contribution in [0.15, 0.2) is 69.3 Å². The summed E-state index contributed by atoms with van der Waals surface area (Å²) >= 11 is 13.3. The molecule has 190 valence electrons. The molecule has 0 bridgehead atoms. The summed E-state index contributed by atoms with van der Waals surface area (Å²) in [5, 5.41) is 14.5. The molecule has 1 aliphatic rings. The number of carbonyl (C=O) groups excluding carboxylic acids is 2. The van der Waals surface area contributed by atoms with Gasteiger partial charge in [-0.15, -0.1) is 0 Å². The fourth-order valence-corrected chi connectivity index (χ4v) is 6.49. The zero-order valence-corrected chi connectivity index (χ0v) is 22.0. The molecule has 37 heavy (non-hydrogen) atoms. The molecule has 0 spiro atoms. The first-order chi connectivity index (χ1) is 17.4. The van der Waals surface area contributed by atoms with E-state index in [4.69, 9.17) is 27.9 Å². The predicted octanol–water partition coefficient (Wildman–Crippen LogP) is 5.89. The van der Waals surface area contributed by atoms with Crippen LogP contribution in [0.4, 0.5) is 11.4 Å². The first-order valence-electron chi connectivity index (χ1n) is 10.4. The molecule has 9 nitrogen and oxygen atoms in total. The van der Waals surface area contributed by atoms with Crippen molar-refractivity contribution in [3.63, 3.8) is 0 Å². The molecule has 1 aliphatic heterocycles. The van der Waals surface area contributed by atoms with Crippen LogP contribution in [0, 0.1) is 10.1 Å². The van der Waals surface area contributed by atoms with Gasteiger partial charge in [-0.3, -0.25) is 19.7 Å². The standard InChI is InChI=1S/C24H16Cl2N2O7S2/c1-13(29)35-21-7-5-14(9-20(21)28(31)32)10-23-24(30)27-19-11-15(6-8-22(19)36-23)37(33,34)12-16-17(25)3-2-4-18(16)26/h2-11H,12H2,1H3,(H,27,30)/b23-10-. The van der Waals surface area contributed by atoms with Gasteiger partial charge in [0, 0.05) is 33.5 Å². The summed E-state index contributed by atoms with van der Waals surface area (Å²) < 4.78 is 30.9. The average Bonchev–Trinajstić information content (AvgIpc) is 2.82. The molecule has 0 fully saturated rings. The molecule has 3 aromatic carbocycles. The van der Waals surface area contributed by atoms with E-state index in [0.717, 1.165) is 18.7 Å². The number of rotatable bonds is 6. The third-order valence-corrected chi connectivity index (χ3v) is 8.58. The smallest absolute Gasteiger partial charge is 0.312 e. The van der Waals surface area contributed by atoms with Crippen LogP contribution in [0.3, 0.4) is 0 Å². The molecule has 0 radical (unpaired) electrons. The van der Waals surface area contributed by atoms with E-state index in [1.54, 1.807) is 24.3 Å². The molecule has 0 aromatic heterocycles. The summed E-state index contributed by atoms with van der Waals surface area (Å²) in [7, 11) is -3.84. The number of nitro groups is 1. The van der Waals surface area contributed by atoms with Gasteiger partial charge in [0.2, 0.25) is 5.75 Å². The van der Waals surface area contributed by atoms with E-state index >= 15 is 0 Å². The largest absolute Gasteiger partial charge is 0.419 e. The minimum atomic E-state index is -3.84. The van der Waals surface area contributed by atoms with E-state index in [1.807, 2.05) is 0 Å². The lowest BCUT2D eigenvalue weighted by atomic mass is 10.1. The fourth-order valence-electron chi connectivity index (χ4n) is 3.44. The van der Waals surface area contributed by atoms with Gasteiger partial charge >= 0.3 is 11.7 Å². The van der Waals surface area contributed by atoms with Gasteiger partial charge in [0.15, 0.2) is 9.84 Å². The van der Waals surface area contributed by atoms with Gasteiger partial charge in [-0.2, -0.15) is 0 Å². The number of hydrogen-bond acceptors (Lipinski definition) is 8. The number of benzene rings is 3. The summed E-state index contributed by atoms with van der Waals surface area (Å²) in [6, 6.07) is 13.0. The lowest BCUT2D eigenvalue weighted by molar-refractivity contribution is -0.385. The third kappa shape index (κ3) is 5.96. The zero-order valence-electron chi connectivity index (χ0n) is 18.9. The normalized spacial score (nSPS) is 14.1. The first-order valence-corrected chi connectivity index (χ1v) is 13.6. The Morgan fingerprint density at radius 1 is 1.14 bits per heavy atom. The quantitative estimate of drug-likeness (QED) is 0.126. The molecule has 4 rings (SSSR count). The minimum absolute atomic E-state index is 0.0211. The van der Waals surface area contributed by atoms with Crippen molar-refractivity contribution in [1.82, 2.24) is 0 Å². The van der Waals surface area contributed by atoms with E-state index in [0.29, 0.717) is 16.1 Å². The second-order valence-corrected chi connectivity index (χ2v) is 11.6. The third-order valence-electron chi connectivity index (χ3n) is 5.13. The van der Waals surface area contributed by atoms with Gasteiger partial charge in [-0.1, -0.05) is 47.1 Å². The Morgan fingerprint density at radius 2 is 1.84 bits per heavy atom. The maximum atomic E-state index is 13.0. The highest BCUT2D eigenvalue weighted by molar-refractivity contribution is 8.04. The van der Waals surface area contributed by atoms with Crippen molar-refractivity contribution >= 4 is 74.1 Å². The molecule has 1 heterocycles. The van der Waals surface area contributed by atoms with Crippen LogP contribution in [-0.4, -0.2) is 25.2 Å². The van der Waals surface area contributed by atoms with Gasteiger partial charge in [0.1, 0.15) is 0 Å². The number of ether oxygens (including phenoxy) is 1. The molecular weight excluding hydrogens is 563 g/mol. The maximum absolute atomic E-state index is 13.0. The second-order valence-electron chi connectivity index (χ2n) is 7.76. The molecule has 1 amide bonds. The zero-order chi connectivity index (χ0) is 26.9. The topological polar surface area (TPSA) is 133 Å². The number of nitro benzene ring substituents is 1. The molecule has 0 saturated carbocycles. The molecule has 13 heteroatoms. The van der Waals surface area contributed by atoms with Crippen LogP contribution >= 0.6 is 35.0 Å². The van der Waals surface area contributed by atoms with Crippen molar-refractivity contribution in [2.75, 3.05) is 5.32 Å². The van der Waals surface area contributed by atoms with E-state index in [1.165, 1.54) is 36.4 Å². The molecule has 3 aromatic rings. The fraction of sp³-hybridized carbons (Fsp3) is 0.0833.